The van der Waals surface area contributed by atoms with Crippen molar-refractivity contribution in [1.82, 2.24) is 19.8 Å². The first-order chi connectivity index (χ1) is 13.2. The van der Waals surface area contributed by atoms with Crippen LogP contribution in [0.2, 0.25) is 0 Å². The summed E-state index contributed by atoms with van der Waals surface area (Å²) in [5, 5.41) is 6.27. The van der Waals surface area contributed by atoms with Crippen molar-refractivity contribution in [3.63, 3.8) is 0 Å². The molecule has 0 fully saturated rings. The van der Waals surface area contributed by atoms with E-state index in [0.717, 1.165) is 11.3 Å². The van der Waals surface area contributed by atoms with Crippen LogP contribution in [-0.4, -0.2) is 39.9 Å². The van der Waals surface area contributed by atoms with Crippen LogP contribution < -0.4 is 0 Å². The number of rotatable bonds is 5. The van der Waals surface area contributed by atoms with E-state index in [9.17, 15) is 4.79 Å². The van der Waals surface area contributed by atoms with Crippen molar-refractivity contribution in [2.75, 3.05) is 14.2 Å². The molecule has 7 nitrogen and oxygen atoms in total. The first kappa shape index (κ1) is 17.0. The molecule has 0 saturated carbocycles. The topological polar surface area (TPSA) is 73.4 Å². The standard InChI is InChI=1S/C20H18N4O3/c1-23(26-2)20(25)16-11-18(14-7-4-3-5-8-14)22-19-17(16)12-21-24(19)13-15-9-6-10-27-15/h3-12H,13H2,1-2H3. The number of furan rings is 1. The first-order valence-electron chi connectivity index (χ1n) is 8.44. The number of fused-ring (bicyclic) bond motifs is 1. The molecule has 1 amide bonds. The minimum absolute atomic E-state index is 0.264. The maximum Gasteiger partial charge on any atom is 0.278 e. The minimum atomic E-state index is -0.264. The predicted octanol–water partition coefficient (Wildman–Crippen LogP) is 3.37. The highest BCUT2D eigenvalue weighted by atomic mass is 16.7. The van der Waals surface area contributed by atoms with Crippen LogP contribution in [0.4, 0.5) is 0 Å². The van der Waals surface area contributed by atoms with Crippen molar-refractivity contribution in [3.8, 4) is 11.3 Å². The maximum atomic E-state index is 12.8. The Morgan fingerprint density at radius 3 is 2.74 bits per heavy atom. The van der Waals surface area contributed by atoms with Crippen LogP contribution in [0.3, 0.4) is 0 Å². The van der Waals surface area contributed by atoms with Gasteiger partial charge in [0.15, 0.2) is 5.65 Å². The molecule has 0 atom stereocenters. The molecule has 4 rings (SSSR count). The van der Waals surface area contributed by atoms with Crippen LogP contribution in [0.5, 0.6) is 0 Å². The highest BCUT2D eigenvalue weighted by Crippen LogP contribution is 2.26. The van der Waals surface area contributed by atoms with Gasteiger partial charge < -0.3 is 4.42 Å². The highest BCUT2D eigenvalue weighted by molar-refractivity contribution is 6.06. The lowest BCUT2D eigenvalue weighted by molar-refractivity contribution is -0.0755. The van der Waals surface area contributed by atoms with Gasteiger partial charge in [-0.3, -0.25) is 9.63 Å². The Morgan fingerprint density at radius 1 is 1.22 bits per heavy atom. The SMILES string of the molecule is CON(C)C(=O)c1cc(-c2ccccc2)nc2c1cnn2Cc1ccco1. The van der Waals surface area contributed by atoms with Gasteiger partial charge in [-0.1, -0.05) is 30.3 Å². The molecule has 0 aliphatic rings. The fourth-order valence-electron chi connectivity index (χ4n) is 2.90. The summed E-state index contributed by atoms with van der Waals surface area (Å²) in [6.07, 6.45) is 3.27. The van der Waals surface area contributed by atoms with Gasteiger partial charge in [0.25, 0.3) is 5.91 Å². The molecule has 0 saturated heterocycles. The predicted molar refractivity (Wildman–Crippen MR) is 99.9 cm³/mol. The van der Waals surface area contributed by atoms with Crippen molar-refractivity contribution >= 4 is 16.9 Å². The van der Waals surface area contributed by atoms with Gasteiger partial charge in [0.05, 0.1) is 36.2 Å². The van der Waals surface area contributed by atoms with E-state index in [1.807, 2.05) is 42.5 Å². The van der Waals surface area contributed by atoms with Gasteiger partial charge in [0.2, 0.25) is 0 Å². The van der Waals surface area contributed by atoms with E-state index >= 15 is 0 Å². The van der Waals surface area contributed by atoms with E-state index in [-0.39, 0.29) is 5.91 Å². The van der Waals surface area contributed by atoms with Gasteiger partial charge in [0.1, 0.15) is 12.3 Å². The van der Waals surface area contributed by atoms with Crippen LogP contribution >= 0.6 is 0 Å². The lowest BCUT2D eigenvalue weighted by Gasteiger charge is -2.15. The maximum absolute atomic E-state index is 12.8. The van der Waals surface area contributed by atoms with Crippen molar-refractivity contribution < 1.29 is 14.0 Å². The molecule has 3 aromatic heterocycles. The number of hydrogen-bond donors (Lipinski definition) is 0. The lowest BCUT2D eigenvalue weighted by atomic mass is 10.1. The van der Waals surface area contributed by atoms with Gasteiger partial charge in [-0.05, 0) is 18.2 Å². The summed E-state index contributed by atoms with van der Waals surface area (Å²) < 4.78 is 7.15. The summed E-state index contributed by atoms with van der Waals surface area (Å²) in [6.45, 7) is 0.426. The van der Waals surface area contributed by atoms with Crippen LogP contribution in [0, 0.1) is 0 Å². The monoisotopic (exact) mass is 362 g/mol. The van der Waals surface area contributed by atoms with Gasteiger partial charge >= 0.3 is 0 Å². The summed E-state index contributed by atoms with van der Waals surface area (Å²) >= 11 is 0. The fourth-order valence-corrected chi connectivity index (χ4v) is 2.90. The van der Waals surface area contributed by atoms with E-state index in [2.05, 4.69) is 5.10 Å². The number of carbonyl (C=O) groups excluding carboxylic acids is 1. The first-order valence-corrected chi connectivity index (χ1v) is 8.44. The third-order valence-corrected chi connectivity index (χ3v) is 4.35. The van der Waals surface area contributed by atoms with E-state index in [1.165, 1.54) is 12.2 Å². The second kappa shape index (κ2) is 7.05. The van der Waals surface area contributed by atoms with E-state index in [1.54, 1.807) is 30.3 Å². The molecule has 0 aliphatic carbocycles. The number of carbonyl (C=O) groups is 1. The molecule has 27 heavy (non-hydrogen) atoms. The van der Waals surface area contributed by atoms with Crippen molar-refractivity contribution in [1.29, 1.82) is 0 Å². The molecule has 0 unspecified atom stereocenters. The third kappa shape index (κ3) is 3.20. The third-order valence-electron chi connectivity index (χ3n) is 4.35. The quantitative estimate of drug-likeness (QED) is 0.509. The van der Waals surface area contributed by atoms with Crippen molar-refractivity contribution in [3.05, 3.63) is 72.3 Å². The molecule has 0 spiro atoms. The summed E-state index contributed by atoms with van der Waals surface area (Å²) in [7, 11) is 3.03. The summed E-state index contributed by atoms with van der Waals surface area (Å²) in [4.78, 5) is 22.7. The zero-order chi connectivity index (χ0) is 18.8. The molecular formula is C20H18N4O3. The molecule has 7 heteroatoms. The molecular weight excluding hydrogens is 344 g/mol. The van der Waals surface area contributed by atoms with E-state index < -0.39 is 0 Å². The van der Waals surface area contributed by atoms with Crippen LogP contribution in [0.15, 0.2) is 65.4 Å². The Balaban J connectivity index is 1.90. The number of hydroxylamine groups is 2. The normalized spacial score (nSPS) is 11.0. The number of nitrogens with zero attached hydrogens (tertiary/aromatic N) is 4. The molecule has 4 aromatic rings. The zero-order valence-electron chi connectivity index (χ0n) is 15.0. The Labute approximate surface area is 155 Å². The number of hydrogen-bond acceptors (Lipinski definition) is 5. The Hall–Kier alpha value is -3.45. The molecule has 0 N–H and O–H groups in total. The average Bonchev–Trinajstić information content (AvgIpc) is 3.37. The average molecular weight is 362 g/mol. The number of benzene rings is 1. The fraction of sp³-hybridized carbons (Fsp3) is 0.150. The Kier molecular flexibility index (Phi) is 4.43. The zero-order valence-corrected chi connectivity index (χ0v) is 15.0. The Bertz CT molecular complexity index is 1070. The lowest BCUT2D eigenvalue weighted by Crippen LogP contribution is -2.25. The van der Waals surface area contributed by atoms with Crippen LogP contribution in [0.1, 0.15) is 16.1 Å². The molecule has 0 radical (unpaired) electrons. The number of amides is 1. The number of aromatic nitrogens is 3. The Morgan fingerprint density at radius 2 is 2.04 bits per heavy atom. The van der Waals surface area contributed by atoms with E-state index in [4.69, 9.17) is 14.2 Å². The van der Waals surface area contributed by atoms with Gasteiger partial charge in [-0.15, -0.1) is 0 Å². The molecule has 1 aromatic carbocycles. The van der Waals surface area contributed by atoms with Gasteiger partial charge in [0, 0.05) is 12.6 Å². The molecule has 3 heterocycles. The molecule has 136 valence electrons. The van der Waals surface area contributed by atoms with Gasteiger partial charge in [-0.2, -0.15) is 5.10 Å². The second-order valence-electron chi connectivity index (χ2n) is 6.03. The van der Waals surface area contributed by atoms with E-state index in [0.29, 0.717) is 28.8 Å². The summed E-state index contributed by atoms with van der Waals surface area (Å²) in [5.41, 5.74) is 2.70. The second-order valence-corrected chi connectivity index (χ2v) is 6.03. The minimum Gasteiger partial charge on any atom is -0.467 e. The summed E-state index contributed by atoms with van der Waals surface area (Å²) in [6, 6.07) is 15.2. The van der Waals surface area contributed by atoms with Crippen LogP contribution in [-0.2, 0) is 11.4 Å². The van der Waals surface area contributed by atoms with Crippen LogP contribution in [0.25, 0.3) is 22.3 Å². The molecule has 0 aliphatic heterocycles. The summed E-state index contributed by atoms with van der Waals surface area (Å²) in [5.74, 6) is 0.494. The van der Waals surface area contributed by atoms with Gasteiger partial charge in [-0.25, -0.2) is 14.7 Å². The highest BCUT2D eigenvalue weighted by Gasteiger charge is 2.20. The van der Waals surface area contributed by atoms with Crippen molar-refractivity contribution in [2.45, 2.75) is 6.54 Å². The molecule has 0 bridgehead atoms. The van der Waals surface area contributed by atoms with Crippen molar-refractivity contribution in [2.24, 2.45) is 0 Å². The number of pyridine rings is 1. The largest absolute Gasteiger partial charge is 0.467 e. The smallest absolute Gasteiger partial charge is 0.278 e.